The zero-order chi connectivity index (χ0) is 27.0. The maximum Gasteiger partial charge on any atom is 0.266 e. The van der Waals surface area contributed by atoms with Gasteiger partial charge >= 0.3 is 0 Å². The Bertz CT molecular complexity index is 1650. The van der Waals surface area contributed by atoms with Gasteiger partial charge in [-0.3, -0.25) is 14.4 Å². The summed E-state index contributed by atoms with van der Waals surface area (Å²) in [6.45, 7) is 3.48. The van der Waals surface area contributed by atoms with Crippen LogP contribution in [0.1, 0.15) is 42.5 Å². The molecule has 0 spiro atoms. The first-order valence-electron chi connectivity index (χ1n) is 11.5. The number of amides is 3. The van der Waals surface area contributed by atoms with E-state index in [2.05, 4.69) is 20.0 Å². The van der Waals surface area contributed by atoms with E-state index in [0.29, 0.717) is 33.9 Å². The third kappa shape index (κ3) is 4.74. The minimum atomic E-state index is -3.93. The molecular weight excluding hydrogens is 506 g/mol. The summed E-state index contributed by atoms with van der Waals surface area (Å²) in [6, 6.07) is 20.0. The van der Waals surface area contributed by atoms with Crippen molar-refractivity contribution < 1.29 is 22.8 Å². The molecule has 2 heterocycles. The van der Waals surface area contributed by atoms with Crippen molar-refractivity contribution in [2.75, 3.05) is 14.9 Å². The highest BCUT2D eigenvalue weighted by molar-refractivity contribution is 7.92. The molecule has 190 valence electrons. The van der Waals surface area contributed by atoms with Crippen LogP contribution in [0.25, 0.3) is 0 Å². The molecule has 1 aliphatic rings. The van der Waals surface area contributed by atoms with E-state index in [0.717, 1.165) is 4.90 Å². The van der Waals surface area contributed by atoms with Gasteiger partial charge in [0.2, 0.25) is 5.95 Å². The Morgan fingerprint density at radius 1 is 0.789 bits per heavy atom. The van der Waals surface area contributed by atoms with Crippen molar-refractivity contribution in [2.45, 2.75) is 18.7 Å². The van der Waals surface area contributed by atoms with Crippen molar-refractivity contribution in [1.29, 1.82) is 0 Å². The maximum atomic E-state index is 12.7. The molecule has 4 aromatic rings. The van der Waals surface area contributed by atoms with Crippen LogP contribution in [-0.4, -0.2) is 36.1 Å². The molecule has 0 atom stereocenters. The van der Waals surface area contributed by atoms with Gasteiger partial charge in [-0.05, 0) is 80.6 Å². The molecule has 0 radical (unpaired) electrons. The summed E-state index contributed by atoms with van der Waals surface area (Å²) < 4.78 is 27.8. The number of carbonyl (C=O) groups excluding carboxylic acids is 3. The summed E-state index contributed by atoms with van der Waals surface area (Å²) in [7, 11) is -3.93. The second-order valence-electron chi connectivity index (χ2n) is 8.60. The van der Waals surface area contributed by atoms with Gasteiger partial charge in [0.15, 0.2) is 0 Å². The lowest BCUT2D eigenvalue weighted by Crippen LogP contribution is -2.29. The fourth-order valence-electron chi connectivity index (χ4n) is 4.06. The number of fused-ring (bicyclic) bond motifs is 1. The Kier molecular flexibility index (Phi) is 6.21. The summed E-state index contributed by atoms with van der Waals surface area (Å²) in [4.78, 5) is 47.3. The lowest BCUT2D eigenvalue weighted by molar-refractivity contribution is 0.0925. The van der Waals surface area contributed by atoms with Crippen molar-refractivity contribution in [3.63, 3.8) is 0 Å². The number of benzene rings is 3. The number of anilines is 3. The molecule has 10 nitrogen and oxygen atoms in total. The molecule has 2 N–H and O–H groups in total. The van der Waals surface area contributed by atoms with E-state index in [1.165, 1.54) is 48.5 Å². The molecule has 0 unspecified atom stereocenters. The van der Waals surface area contributed by atoms with E-state index in [1.807, 2.05) is 0 Å². The van der Waals surface area contributed by atoms with Crippen molar-refractivity contribution >= 4 is 45.1 Å². The van der Waals surface area contributed by atoms with Crippen molar-refractivity contribution in [1.82, 2.24) is 9.97 Å². The van der Waals surface area contributed by atoms with Crippen LogP contribution in [0.4, 0.5) is 17.3 Å². The van der Waals surface area contributed by atoms with Crippen LogP contribution in [0, 0.1) is 13.8 Å². The highest BCUT2D eigenvalue weighted by Crippen LogP contribution is 2.28. The minimum absolute atomic E-state index is 0.0236. The summed E-state index contributed by atoms with van der Waals surface area (Å²) in [5.41, 5.74) is 2.94. The molecule has 0 aliphatic carbocycles. The summed E-state index contributed by atoms with van der Waals surface area (Å²) in [5, 5.41) is 2.70. The first-order valence-corrected chi connectivity index (χ1v) is 12.9. The average Bonchev–Trinajstić information content (AvgIpc) is 3.13. The summed E-state index contributed by atoms with van der Waals surface area (Å²) in [5.74, 6) is -1.31. The Balaban J connectivity index is 1.26. The van der Waals surface area contributed by atoms with Crippen molar-refractivity contribution in [3.05, 3.63) is 107 Å². The quantitative estimate of drug-likeness (QED) is 0.362. The Morgan fingerprint density at radius 2 is 1.34 bits per heavy atom. The molecule has 0 bridgehead atoms. The summed E-state index contributed by atoms with van der Waals surface area (Å²) >= 11 is 0. The zero-order valence-corrected chi connectivity index (χ0v) is 21.1. The van der Waals surface area contributed by atoms with Crippen LogP contribution < -0.4 is 14.9 Å². The van der Waals surface area contributed by atoms with Gasteiger partial charge in [-0.15, -0.1) is 0 Å². The molecule has 1 aliphatic heterocycles. The normalized spacial score (nSPS) is 12.8. The molecular formula is C27H21N5O5S. The highest BCUT2D eigenvalue weighted by Gasteiger charge is 2.36. The highest BCUT2D eigenvalue weighted by atomic mass is 32.2. The monoisotopic (exact) mass is 527 g/mol. The topological polar surface area (TPSA) is 138 Å². The van der Waals surface area contributed by atoms with Gasteiger partial charge in [-0.25, -0.2) is 28.0 Å². The lowest BCUT2D eigenvalue weighted by Gasteiger charge is -2.14. The molecule has 5 rings (SSSR count). The van der Waals surface area contributed by atoms with Crippen LogP contribution in [0.5, 0.6) is 0 Å². The molecule has 3 amide bonds. The van der Waals surface area contributed by atoms with E-state index < -0.39 is 27.7 Å². The molecule has 11 heteroatoms. The second kappa shape index (κ2) is 9.52. The fourth-order valence-corrected chi connectivity index (χ4v) is 5.00. The fraction of sp³-hybridized carbons (Fsp3) is 0.0741. The Labute approximate surface area is 218 Å². The number of nitrogens with zero attached hydrogens (tertiary/aromatic N) is 3. The van der Waals surface area contributed by atoms with Crippen LogP contribution in [0.15, 0.2) is 83.8 Å². The van der Waals surface area contributed by atoms with Gasteiger partial charge in [0, 0.05) is 22.6 Å². The SMILES string of the molecule is Cc1cc(C)nc(NS(=O)(=O)c2ccc(NC(=O)c3ccc(N4C(=O)c5ccccc5C4=O)cc3)cc2)n1. The number of imide groups is 1. The molecule has 38 heavy (non-hydrogen) atoms. The van der Waals surface area contributed by atoms with Crippen molar-refractivity contribution in [2.24, 2.45) is 0 Å². The van der Waals surface area contributed by atoms with Gasteiger partial charge in [0.05, 0.1) is 21.7 Å². The van der Waals surface area contributed by atoms with Crippen LogP contribution in [0.2, 0.25) is 0 Å². The van der Waals surface area contributed by atoms with Gasteiger partial charge in [-0.2, -0.15) is 0 Å². The van der Waals surface area contributed by atoms with Gasteiger partial charge < -0.3 is 5.32 Å². The maximum absolute atomic E-state index is 12.7. The largest absolute Gasteiger partial charge is 0.322 e. The number of rotatable bonds is 6. The van der Waals surface area contributed by atoms with Gasteiger partial charge in [-0.1, -0.05) is 12.1 Å². The lowest BCUT2D eigenvalue weighted by atomic mass is 10.1. The minimum Gasteiger partial charge on any atom is -0.322 e. The Morgan fingerprint density at radius 3 is 1.89 bits per heavy atom. The smallest absolute Gasteiger partial charge is 0.266 e. The number of aryl methyl sites for hydroxylation is 2. The first-order chi connectivity index (χ1) is 18.1. The number of sulfonamides is 1. The number of hydrogen-bond acceptors (Lipinski definition) is 7. The molecule has 0 saturated carbocycles. The molecule has 0 fully saturated rings. The average molecular weight is 528 g/mol. The number of aromatic nitrogens is 2. The summed E-state index contributed by atoms with van der Waals surface area (Å²) in [6.07, 6.45) is 0. The molecule has 1 aromatic heterocycles. The van der Waals surface area contributed by atoms with Crippen LogP contribution >= 0.6 is 0 Å². The van der Waals surface area contributed by atoms with E-state index in [-0.39, 0.29) is 16.4 Å². The number of hydrogen-bond donors (Lipinski definition) is 2. The zero-order valence-electron chi connectivity index (χ0n) is 20.3. The first kappa shape index (κ1) is 24.8. The standard InChI is InChI=1S/C27H21N5O5S/c1-16-15-17(2)29-27(28-16)31-38(36,37)21-13-9-19(10-14-21)30-24(33)18-7-11-20(12-8-18)32-25(34)22-5-3-4-6-23(22)26(32)35/h3-15H,1-2H3,(H,30,33)(H,28,29,31). The molecule has 0 saturated heterocycles. The molecule has 3 aromatic carbocycles. The third-order valence-electron chi connectivity index (χ3n) is 5.81. The predicted octanol–water partition coefficient (Wildman–Crippen LogP) is 3.95. The Hall–Kier alpha value is -4.90. The van der Waals surface area contributed by atoms with E-state index in [1.54, 1.807) is 44.2 Å². The second-order valence-corrected chi connectivity index (χ2v) is 10.3. The predicted molar refractivity (Wildman–Crippen MR) is 141 cm³/mol. The third-order valence-corrected chi connectivity index (χ3v) is 7.16. The number of nitrogens with one attached hydrogen (secondary N) is 2. The number of carbonyl (C=O) groups is 3. The van der Waals surface area contributed by atoms with E-state index >= 15 is 0 Å². The van der Waals surface area contributed by atoms with E-state index in [4.69, 9.17) is 0 Å². The van der Waals surface area contributed by atoms with Crippen LogP contribution in [0.3, 0.4) is 0 Å². The van der Waals surface area contributed by atoms with Crippen molar-refractivity contribution in [3.8, 4) is 0 Å². The van der Waals surface area contributed by atoms with E-state index in [9.17, 15) is 22.8 Å². The van der Waals surface area contributed by atoms with Gasteiger partial charge in [0.25, 0.3) is 27.7 Å². The van der Waals surface area contributed by atoms with Crippen LogP contribution in [-0.2, 0) is 10.0 Å². The van der Waals surface area contributed by atoms with Gasteiger partial charge in [0.1, 0.15) is 0 Å².